The van der Waals surface area contributed by atoms with Crippen LogP contribution >= 0.6 is 0 Å². The summed E-state index contributed by atoms with van der Waals surface area (Å²) in [5, 5.41) is 4.55. The van der Waals surface area contributed by atoms with Crippen molar-refractivity contribution in [1.82, 2.24) is 19.5 Å². The summed E-state index contributed by atoms with van der Waals surface area (Å²) < 4.78 is 41.6. The summed E-state index contributed by atoms with van der Waals surface area (Å²) in [6, 6.07) is 5.05. The third-order valence-corrected chi connectivity index (χ3v) is 6.57. The number of halogens is 1. The van der Waals surface area contributed by atoms with Crippen LogP contribution in [0, 0.1) is 5.82 Å². The predicted octanol–water partition coefficient (Wildman–Crippen LogP) is 2.25. The van der Waals surface area contributed by atoms with Gasteiger partial charge in [-0.1, -0.05) is 13.0 Å². The molecule has 1 aliphatic rings. The molecule has 26 heavy (non-hydrogen) atoms. The molecule has 6 nitrogen and oxygen atoms in total. The summed E-state index contributed by atoms with van der Waals surface area (Å²) in [5.41, 5.74) is 2.80. The van der Waals surface area contributed by atoms with Gasteiger partial charge in [0.2, 0.25) is 9.84 Å². The number of aryl methyl sites for hydroxylation is 1. The van der Waals surface area contributed by atoms with Gasteiger partial charge in [-0.25, -0.2) is 22.3 Å². The van der Waals surface area contributed by atoms with Gasteiger partial charge in [0.15, 0.2) is 5.65 Å². The summed E-state index contributed by atoms with van der Waals surface area (Å²) in [4.78, 5) is 6.59. The lowest BCUT2D eigenvalue weighted by molar-refractivity contribution is 0.307. The third kappa shape index (κ3) is 2.60. The lowest BCUT2D eigenvalue weighted by Gasteiger charge is -2.24. The molecule has 0 bridgehead atoms. The van der Waals surface area contributed by atoms with E-state index in [0.717, 1.165) is 36.8 Å². The minimum Gasteiger partial charge on any atom is -0.302 e. The van der Waals surface area contributed by atoms with Gasteiger partial charge >= 0.3 is 0 Å². The lowest BCUT2D eigenvalue weighted by Crippen LogP contribution is -2.28. The zero-order valence-corrected chi connectivity index (χ0v) is 15.4. The molecular weight excluding hydrogens is 355 g/mol. The molecule has 1 aromatic carbocycles. The Labute approximate surface area is 151 Å². The molecule has 8 heteroatoms. The number of hydrogen-bond donors (Lipinski definition) is 0. The van der Waals surface area contributed by atoms with Gasteiger partial charge in [0.25, 0.3) is 0 Å². The van der Waals surface area contributed by atoms with Crippen LogP contribution in [0.15, 0.2) is 40.3 Å². The van der Waals surface area contributed by atoms with Crippen LogP contribution in [0.25, 0.3) is 5.65 Å². The molecule has 3 heterocycles. The van der Waals surface area contributed by atoms with Crippen LogP contribution in [0.2, 0.25) is 0 Å². The number of nitrogens with zero attached hydrogens (tertiary/aromatic N) is 4. The molecule has 1 aliphatic heterocycles. The monoisotopic (exact) mass is 374 g/mol. The van der Waals surface area contributed by atoms with Gasteiger partial charge in [0, 0.05) is 31.3 Å². The van der Waals surface area contributed by atoms with Crippen LogP contribution < -0.4 is 0 Å². The maximum atomic E-state index is 13.6. The molecule has 0 saturated heterocycles. The van der Waals surface area contributed by atoms with Gasteiger partial charge in [-0.2, -0.15) is 5.10 Å². The molecule has 0 aliphatic carbocycles. The van der Waals surface area contributed by atoms with Crippen molar-refractivity contribution in [2.24, 2.45) is 0 Å². The van der Waals surface area contributed by atoms with Crippen LogP contribution in [-0.2, 0) is 29.2 Å². The molecule has 0 spiro atoms. The van der Waals surface area contributed by atoms with Crippen molar-refractivity contribution < 1.29 is 12.8 Å². The molecule has 0 atom stereocenters. The largest absolute Gasteiger partial charge is 0.302 e. The van der Waals surface area contributed by atoms with E-state index in [1.165, 1.54) is 18.2 Å². The maximum absolute atomic E-state index is 13.6. The van der Waals surface area contributed by atoms with E-state index >= 15 is 0 Å². The Kier molecular flexibility index (Phi) is 4.04. The van der Waals surface area contributed by atoms with E-state index < -0.39 is 15.7 Å². The van der Waals surface area contributed by atoms with E-state index in [1.807, 2.05) is 14.0 Å². The second-order valence-electron chi connectivity index (χ2n) is 6.54. The van der Waals surface area contributed by atoms with E-state index in [1.54, 1.807) is 10.7 Å². The molecule has 2 aromatic heterocycles. The molecule has 3 aromatic rings. The van der Waals surface area contributed by atoms with E-state index in [-0.39, 0.29) is 9.79 Å². The third-order valence-electron chi connectivity index (χ3n) is 4.74. The van der Waals surface area contributed by atoms with Crippen molar-refractivity contribution >= 4 is 15.5 Å². The first-order valence-electron chi connectivity index (χ1n) is 8.49. The average molecular weight is 374 g/mol. The zero-order valence-electron chi connectivity index (χ0n) is 14.6. The van der Waals surface area contributed by atoms with Crippen molar-refractivity contribution in [3.63, 3.8) is 0 Å². The Morgan fingerprint density at radius 3 is 2.85 bits per heavy atom. The van der Waals surface area contributed by atoms with Crippen LogP contribution in [0.4, 0.5) is 4.39 Å². The number of hydrogen-bond acceptors (Lipinski definition) is 5. The Bertz CT molecular complexity index is 1110. The van der Waals surface area contributed by atoms with E-state index in [0.29, 0.717) is 17.8 Å². The van der Waals surface area contributed by atoms with Crippen molar-refractivity contribution in [1.29, 1.82) is 0 Å². The minimum atomic E-state index is -3.92. The molecule has 0 amide bonds. The second-order valence-corrected chi connectivity index (χ2v) is 8.43. The summed E-state index contributed by atoms with van der Waals surface area (Å²) in [7, 11) is -1.89. The fourth-order valence-corrected chi connectivity index (χ4v) is 5.05. The first-order chi connectivity index (χ1) is 12.4. The van der Waals surface area contributed by atoms with Gasteiger partial charge in [-0.3, -0.25) is 0 Å². The number of benzene rings is 1. The van der Waals surface area contributed by atoms with Crippen LogP contribution in [0.3, 0.4) is 0 Å². The Morgan fingerprint density at radius 1 is 1.31 bits per heavy atom. The normalized spacial score (nSPS) is 15.3. The SMILES string of the molecule is CCc1nn2c3c(cnc2c1S(=O)(=O)c1cccc(F)c1)CN(C)CC3. The highest BCUT2D eigenvalue weighted by Crippen LogP contribution is 2.30. The number of fused-ring (bicyclic) bond motifs is 3. The summed E-state index contributed by atoms with van der Waals surface area (Å²) in [6.07, 6.45) is 2.95. The zero-order chi connectivity index (χ0) is 18.5. The van der Waals surface area contributed by atoms with Gasteiger partial charge < -0.3 is 4.90 Å². The van der Waals surface area contributed by atoms with E-state index in [2.05, 4.69) is 15.0 Å². The minimum absolute atomic E-state index is 0.0762. The molecule has 0 fully saturated rings. The predicted molar refractivity (Wildman–Crippen MR) is 94.3 cm³/mol. The maximum Gasteiger partial charge on any atom is 0.212 e. The molecule has 0 unspecified atom stereocenters. The smallest absolute Gasteiger partial charge is 0.212 e. The molecular formula is C18H19FN4O2S. The highest BCUT2D eigenvalue weighted by atomic mass is 32.2. The van der Waals surface area contributed by atoms with Crippen LogP contribution in [0.5, 0.6) is 0 Å². The topological polar surface area (TPSA) is 67.6 Å². The van der Waals surface area contributed by atoms with Crippen molar-refractivity contribution in [2.75, 3.05) is 13.6 Å². The van der Waals surface area contributed by atoms with Gasteiger partial charge in [-0.15, -0.1) is 0 Å². The number of likely N-dealkylation sites (N-methyl/N-ethyl adjacent to an activating group) is 1. The summed E-state index contributed by atoms with van der Waals surface area (Å²) in [6.45, 7) is 3.48. The molecule has 4 rings (SSSR count). The highest BCUT2D eigenvalue weighted by Gasteiger charge is 2.30. The standard InChI is InChI=1S/C18H19FN4O2S/c1-3-15-17(26(24,25)14-6-4-5-13(19)9-14)18-20-10-12-11-22(2)8-7-16(12)23(18)21-15/h4-6,9-10H,3,7-8,11H2,1-2H3. The van der Waals surface area contributed by atoms with E-state index in [9.17, 15) is 12.8 Å². The van der Waals surface area contributed by atoms with Gasteiger partial charge in [0.05, 0.1) is 16.3 Å². The average Bonchev–Trinajstić information content (AvgIpc) is 3.01. The highest BCUT2D eigenvalue weighted by molar-refractivity contribution is 7.91. The van der Waals surface area contributed by atoms with Gasteiger partial charge in [0.1, 0.15) is 10.7 Å². The first-order valence-corrected chi connectivity index (χ1v) is 9.97. The van der Waals surface area contributed by atoms with Crippen LogP contribution in [0.1, 0.15) is 23.9 Å². The first kappa shape index (κ1) is 17.1. The Balaban J connectivity index is 1.98. The second kappa shape index (κ2) is 6.14. The Morgan fingerprint density at radius 2 is 2.12 bits per heavy atom. The summed E-state index contributed by atoms with van der Waals surface area (Å²) >= 11 is 0. The molecule has 0 saturated carbocycles. The van der Waals surface area contributed by atoms with E-state index in [4.69, 9.17) is 0 Å². The Hall–Kier alpha value is -2.32. The summed E-state index contributed by atoms with van der Waals surface area (Å²) in [5.74, 6) is -0.589. The van der Waals surface area contributed by atoms with Crippen molar-refractivity contribution in [3.05, 3.63) is 53.2 Å². The fourth-order valence-electron chi connectivity index (χ4n) is 3.41. The number of sulfone groups is 1. The van der Waals surface area contributed by atoms with Crippen molar-refractivity contribution in [3.8, 4) is 0 Å². The fraction of sp³-hybridized carbons (Fsp3) is 0.333. The number of aromatic nitrogens is 3. The lowest BCUT2D eigenvalue weighted by atomic mass is 10.1. The molecule has 0 N–H and O–H groups in total. The molecule has 136 valence electrons. The number of rotatable bonds is 3. The quantitative estimate of drug-likeness (QED) is 0.703. The van der Waals surface area contributed by atoms with Crippen molar-refractivity contribution in [2.45, 2.75) is 36.1 Å². The van der Waals surface area contributed by atoms with Gasteiger partial charge in [-0.05, 0) is 31.7 Å². The molecule has 0 radical (unpaired) electrons. The van der Waals surface area contributed by atoms with Crippen LogP contribution in [-0.4, -0.2) is 41.5 Å².